The van der Waals surface area contributed by atoms with Crippen LogP contribution in [0.1, 0.15) is 42.3 Å². The molecule has 5 aromatic rings. The fourth-order valence-corrected chi connectivity index (χ4v) is 7.86. The number of amides is 1. The molecule has 0 saturated carbocycles. The monoisotopic (exact) mass is 781 g/mol. The number of carboxylic acids is 1. The van der Waals surface area contributed by atoms with Crippen LogP contribution in [0.4, 0.5) is 5.82 Å². The van der Waals surface area contributed by atoms with Gasteiger partial charge in [-0.3, -0.25) is 9.59 Å². The van der Waals surface area contributed by atoms with E-state index in [1.165, 1.54) is 36.3 Å². The van der Waals surface area contributed by atoms with Crippen LogP contribution in [0.2, 0.25) is 5.02 Å². The van der Waals surface area contributed by atoms with Crippen molar-refractivity contribution in [3.63, 3.8) is 0 Å². The summed E-state index contributed by atoms with van der Waals surface area (Å²) in [5.41, 5.74) is 4.43. The maximum atomic E-state index is 12.9. The molecule has 1 aliphatic heterocycles. The van der Waals surface area contributed by atoms with Gasteiger partial charge in [-0.1, -0.05) is 47.6 Å². The Morgan fingerprint density at radius 2 is 1.80 bits per heavy atom. The number of aliphatic carboxylic acids is 1. The number of halogens is 1. The van der Waals surface area contributed by atoms with Crippen molar-refractivity contribution >= 4 is 52.4 Å². The van der Waals surface area contributed by atoms with Crippen LogP contribution in [0, 0.1) is 22.7 Å². The van der Waals surface area contributed by atoms with E-state index in [-0.39, 0.29) is 19.6 Å². The molecule has 4 N–H and O–H groups in total. The second-order valence-electron chi connectivity index (χ2n) is 12.5. The van der Waals surface area contributed by atoms with E-state index in [4.69, 9.17) is 26.3 Å². The Kier molecular flexibility index (Phi) is 12.8. The molecule has 0 unspecified atom stereocenters. The molecule has 3 aromatic heterocycles. The summed E-state index contributed by atoms with van der Waals surface area (Å²) in [6.45, 7) is 3.45. The van der Waals surface area contributed by atoms with Crippen LogP contribution in [-0.2, 0) is 21.8 Å². The lowest BCUT2D eigenvalue weighted by molar-refractivity contribution is -0.141. The number of carbonyl (C=O) groups is 2. The summed E-state index contributed by atoms with van der Waals surface area (Å²) in [5, 5.41) is 39.9. The van der Waals surface area contributed by atoms with Crippen molar-refractivity contribution in [1.29, 1.82) is 10.5 Å². The van der Waals surface area contributed by atoms with Crippen LogP contribution in [0.5, 0.6) is 5.75 Å². The lowest BCUT2D eigenvalue weighted by Crippen LogP contribution is -2.50. The molecule has 4 heterocycles. The molecule has 6 rings (SSSR count). The first-order chi connectivity index (χ1) is 26.2. The number of aromatic nitrogens is 4. The molecule has 0 radical (unpaired) electrons. The van der Waals surface area contributed by atoms with Crippen molar-refractivity contribution in [2.24, 2.45) is 0 Å². The van der Waals surface area contributed by atoms with E-state index in [1.807, 2.05) is 41.8 Å². The van der Waals surface area contributed by atoms with Crippen molar-refractivity contribution in [2.45, 2.75) is 49.0 Å². The third-order valence-electron chi connectivity index (χ3n) is 8.70. The molecule has 276 valence electrons. The highest BCUT2D eigenvalue weighted by atomic mass is 35.5. The first kappa shape index (κ1) is 38.3. The predicted molar refractivity (Wildman–Crippen MR) is 207 cm³/mol. The molecule has 1 saturated heterocycles. The number of nitrogens with one attached hydrogen (secondary N) is 3. The Labute approximate surface area is 325 Å². The Bertz CT molecular complexity index is 2160. The number of aromatic amines is 1. The number of hydrogen-bond acceptors (Lipinski definition) is 12. The summed E-state index contributed by atoms with van der Waals surface area (Å²) in [6, 6.07) is 17.7. The van der Waals surface area contributed by atoms with Crippen LogP contribution in [0.15, 0.2) is 71.5 Å². The van der Waals surface area contributed by atoms with Gasteiger partial charge >= 0.3 is 5.97 Å². The van der Waals surface area contributed by atoms with Gasteiger partial charge in [-0.15, -0.1) is 11.3 Å². The first-order valence-electron chi connectivity index (χ1n) is 17.2. The number of nitrogens with zero attached hydrogens (tertiary/aromatic N) is 6. The third kappa shape index (κ3) is 9.37. The summed E-state index contributed by atoms with van der Waals surface area (Å²) < 4.78 is 5.98. The Morgan fingerprint density at radius 1 is 1.07 bits per heavy atom. The average molecular weight is 782 g/mol. The average Bonchev–Trinajstić information content (AvgIpc) is 3.99. The van der Waals surface area contributed by atoms with Crippen molar-refractivity contribution in [3.8, 4) is 39.6 Å². The van der Waals surface area contributed by atoms with Gasteiger partial charge in [-0.25, -0.2) is 15.0 Å². The van der Waals surface area contributed by atoms with Gasteiger partial charge in [0.25, 0.3) is 0 Å². The largest absolute Gasteiger partial charge is 0.492 e. The molecule has 0 spiro atoms. The number of rotatable bonds is 16. The zero-order valence-electron chi connectivity index (χ0n) is 29.2. The molecular weight excluding hydrogens is 746 g/mol. The van der Waals surface area contributed by atoms with E-state index in [9.17, 15) is 25.2 Å². The molecule has 0 bridgehead atoms. The topological polar surface area (TPSA) is 193 Å². The molecule has 16 heteroatoms. The van der Waals surface area contributed by atoms with Crippen LogP contribution in [0.3, 0.4) is 0 Å². The van der Waals surface area contributed by atoms with Gasteiger partial charge in [0.1, 0.15) is 52.0 Å². The number of pyridine rings is 1. The number of benzene rings is 2. The van der Waals surface area contributed by atoms with Crippen LogP contribution in [0.25, 0.3) is 21.7 Å². The fourth-order valence-electron chi connectivity index (χ4n) is 5.92. The predicted octanol–water partition coefficient (Wildman–Crippen LogP) is 6.05. The maximum Gasteiger partial charge on any atom is 0.325 e. The quantitative estimate of drug-likeness (QED) is 0.0670. The van der Waals surface area contributed by atoms with Crippen molar-refractivity contribution < 1.29 is 19.4 Å². The molecular formula is C38H36ClN9O4S2. The number of nitriles is 2. The first-order valence-corrected chi connectivity index (χ1v) is 19.4. The van der Waals surface area contributed by atoms with E-state index in [0.717, 1.165) is 42.2 Å². The summed E-state index contributed by atoms with van der Waals surface area (Å²) >= 11 is 9.02. The minimum Gasteiger partial charge on any atom is -0.492 e. The van der Waals surface area contributed by atoms with Crippen molar-refractivity contribution in [2.75, 3.05) is 31.1 Å². The van der Waals surface area contributed by atoms with E-state index in [2.05, 4.69) is 37.6 Å². The van der Waals surface area contributed by atoms with Crippen LogP contribution in [-0.4, -0.2) is 75.2 Å². The molecule has 1 fully saturated rings. The number of carbonyl (C=O) groups excluding carboxylic acids is 1. The van der Waals surface area contributed by atoms with E-state index in [0.29, 0.717) is 55.3 Å². The number of anilines is 1. The van der Waals surface area contributed by atoms with Crippen molar-refractivity contribution in [3.05, 3.63) is 94.0 Å². The summed E-state index contributed by atoms with van der Waals surface area (Å²) in [5.74, 6) is 0.0241. The highest BCUT2D eigenvalue weighted by molar-refractivity contribution is 7.98. The lowest BCUT2D eigenvalue weighted by atomic mass is 9.96. The lowest BCUT2D eigenvalue weighted by Gasteiger charge is -2.22. The second-order valence-corrected chi connectivity index (χ2v) is 14.7. The molecule has 2 atom stereocenters. The Balaban J connectivity index is 1.18. The van der Waals surface area contributed by atoms with E-state index >= 15 is 0 Å². The second kappa shape index (κ2) is 18.1. The van der Waals surface area contributed by atoms with Gasteiger partial charge in [0.15, 0.2) is 0 Å². The molecule has 54 heavy (non-hydrogen) atoms. The smallest absolute Gasteiger partial charge is 0.325 e. The SMILES string of the molecule is C[C@H](NC(=O)[C@H](Cc1cnc[nH]1)NCCOc1ccc(-c2c(C#N)c(SCc3csc(-c4ccc(Cl)cc4)n3)nc(N3CCCC3)c2C#N)cc1)C(=O)O. The van der Waals surface area contributed by atoms with Crippen LogP contribution < -0.4 is 20.3 Å². The summed E-state index contributed by atoms with van der Waals surface area (Å²) in [7, 11) is 0. The summed E-state index contributed by atoms with van der Waals surface area (Å²) in [4.78, 5) is 42.9. The molecule has 1 aliphatic rings. The highest BCUT2D eigenvalue weighted by Gasteiger charge is 2.27. The molecule has 13 nitrogen and oxygen atoms in total. The number of thioether (sulfide) groups is 1. The Hall–Kier alpha value is -5.45. The zero-order valence-corrected chi connectivity index (χ0v) is 31.6. The molecule has 2 aromatic carbocycles. The number of ether oxygens (including phenoxy) is 1. The van der Waals surface area contributed by atoms with Gasteiger partial charge in [-0.05, 0) is 49.6 Å². The zero-order chi connectivity index (χ0) is 38.0. The minimum atomic E-state index is -1.13. The van der Waals surface area contributed by atoms with E-state index in [1.54, 1.807) is 18.3 Å². The van der Waals surface area contributed by atoms with Gasteiger partial charge in [-0.2, -0.15) is 10.5 Å². The number of carboxylic acid groups (broad SMARTS) is 1. The third-order valence-corrected chi connectivity index (χ3v) is 10.9. The molecule has 1 amide bonds. The highest BCUT2D eigenvalue weighted by Crippen LogP contribution is 2.40. The van der Waals surface area contributed by atoms with Gasteiger partial charge in [0, 0.05) is 65.2 Å². The fraction of sp³-hybridized carbons (Fsp3) is 0.289. The molecule has 0 aliphatic carbocycles. The Morgan fingerprint density at radius 3 is 2.46 bits per heavy atom. The van der Waals surface area contributed by atoms with Gasteiger partial charge < -0.3 is 30.4 Å². The number of imidazole rings is 1. The summed E-state index contributed by atoms with van der Waals surface area (Å²) in [6.07, 6.45) is 5.38. The van der Waals surface area contributed by atoms with Crippen LogP contribution >= 0.6 is 34.7 Å². The van der Waals surface area contributed by atoms with E-state index < -0.39 is 24.0 Å². The van der Waals surface area contributed by atoms with Gasteiger partial charge in [0.05, 0.1) is 23.6 Å². The number of hydrogen-bond donors (Lipinski definition) is 4. The normalized spacial score (nSPS) is 13.5. The van der Waals surface area contributed by atoms with Gasteiger partial charge in [0.2, 0.25) is 5.91 Å². The minimum absolute atomic E-state index is 0.207. The van der Waals surface area contributed by atoms with Crippen molar-refractivity contribution in [1.82, 2.24) is 30.6 Å². The maximum absolute atomic E-state index is 12.9. The number of thiazole rings is 1. The standard InChI is InChI=1S/C38H36ClN9O4S2/c1-23(38(50)51)45-35(49)32(16-27-19-42-22-44-27)43-12-15-52-29-10-6-24(7-11-29)33-30(17-40)34(48-13-2-3-14-48)47-37(31(33)18-41)54-21-28-20-53-36(46-28)25-4-8-26(39)9-5-25/h4-11,19-20,22-23,32,43H,2-3,12-16,21H2,1H3,(H,42,44)(H,45,49)(H,50,51)/t23-,32-/m0/s1. The number of H-pyrrole nitrogens is 1.